The number of piperazine rings is 1. The number of morpholine rings is 1. The Morgan fingerprint density at radius 3 is 3.07 bits per heavy atom. The maximum atomic E-state index is 12.6. The average Bonchev–Trinajstić information content (AvgIpc) is 3.23. The topological polar surface area (TPSA) is 79.8 Å². The third kappa shape index (κ3) is 4.37. The van der Waals surface area contributed by atoms with Crippen LogP contribution in [0.25, 0.3) is 0 Å². The number of carbonyl (C=O) groups excluding carboxylic acids is 1. The molecule has 2 aliphatic rings. The standard InChI is InChI=1S/C18H23N5O3S/c24-17(22-6-8-25-9-7-22)16-13-27-18(21-16)23-5-4-20-10-14(23)12-26-15-2-1-3-19-11-15/h1-3,11,13-14,20H,4-10,12H2. The summed E-state index contributed by atoms with van der Waals surface area (Å²) in [6.07, 6.45) is 3.44. The van der Waals surface area contributed by atoms with E-state index in [9.17, 15) is 4.79 Å². The quantitative estimate of drug-likeness (QED) is 0.813. The van der Waals surface area contributed by atoms with E-state index in [1.54, 1.807) is 12.4 Å². The predicted molar refractivity (Wildman–Crippen MR) is 103 cm³/mol. The van der Waals surface area contributed by atoms with Gasteiger partial charge in [-0.25, -0.2) is 4.98 Å². The first-order chi connectivity index (χ1) is 13.3. The Bertz CT molecular complexity index is 750. The predicted octanol–water partition coefficient (Wildman–Crippen LogP) is 0.868. The van der Waals surface area contributed by atoms with E-state index in [4.69, 9.17) is 9.47 Å². The maximum absolute atomic E-state index is 12.6. The highest BCUT2D eigenvalue weighted by atomic mass is 32.1. The molecule has 4 heterocycles. The number of ether oxygens (including phenoxy) is 2. The van der Waals surface area contributed by atoms with Gasteiger partial charge in [0.05, 0.1) is 25.5 Å². The Kier molecular flexibility index (Phi) is 5.81. The molecule has 2 aromatic rings. The van der Waals surface area contributed by atoms with Gasteiger partial charge in [-0.05, 0) is 12.1 Å². The average molecular weight is 389 g/mol. The third-order valence-corrected chi connectivity index (χ3v) is 5.56. The summed E-state index contributed by atoms with van der Waals surface area (Å²) in [5.41, 5.74) is 0.516. The molecule has 2 fully saturated rings. The van der Waals surface area contributed by atoms with E-state index in [-0.39, 0.29) is 11.9 Å². The van der Waals surface area contributed by atoms with Crippen LogP contribution in [0.2, 0.25) is 0 Å². The number of rotatable bonds is 5. The number of pyridine rings is 1. The van der Waals surface area contributed by atoms with Crippen LogP contribution < -0.4 is 15.0 Å². The summed E-state index contributed by atoms with van der Waals surface area (Å²) in [5, 5.41) is 6.13. The van der Waals surface area contributed by atoms with E-state index >= 15 is 0 Å². The number of anilines is 1. The lowest BCUT2D eigenvalue weighted by Crippen LogP contribution is -2.54. The number of nitrogens with one attached hydrogen (secondary N) is 1. The normalized spacial score (nSPS) is 20.5. The second-order valence-electron chi connectivity index (χ2n) is 6.47. The summed E-state index contributed by atoms with van der Waals surface area (Å²) in [6, 6.07) is 3.91. The molecule has 27 heavy (non-hydrogen) atoms. The Morgan fingerprint density at radius 2 is 2.26 bits per heavy atom. The van der Waals surface area contributed by atoms with Crippen molar-refractivity contribution in [2.45, 2.75) is 6.04 Å². The van der Waals surface area contributed by atoms with Crippen LogP contribution in [0.15, 0.2) is 29.9 Å². The first kappa shape index (κ1) is 18.1. The summed E-state index contributed by atoms with van der Waals surface area (Å²) in [7, 11) is 0. The lowest BCUT2D eigenvalue weighted by Gasteiger charge is -2.35. The molecule has 2 aromatic heterocycles. The Morgan fingerprint density at radius 1 is 1.37 bits per heavy atom. The number of nitrogens with zero attached hydrogens (tertiary/aromatic N) is 4. The van der Waals surface area contributed by atoms with Crippen LogP contribution in [0.3, 0.4) is 0 Å². The van der Waals surface area contributed by atoms with Gasteiger partial charge in [-0.1, -0.05) is 0 Å². The minimum atomic E-state index is -0.0147. The fourth-order valence-electron chi connectivity index (χ4n) is 3.21. The molecule has 144 valence electrons. The smallest absolute Gasteiger partial charge is 0.273 e. The van der Waals surface area contributed by atoms with E-state index in [1.807, 2.05) is 22.4 Å². The highest BCUT2D eigenvalue weighted by molar-refractivity contribution is 7.14. The molecule has 4 rings (SSSR count). The molecule has 9 heteroatoms. The van der Waals surface area contributed by atoms with Gasteiger partial charge in [-0.2, -0.15) is 0 Å². The fraction of sp³-hybridized carbons (Fsp3) is 0.500. The van der Waals surface area contributed by atoms with E-state index in [2.05, 4.69) is 20.2 Å². The molecular weight excluding hydrogens is 366 g/mol. The molecule has 0 bridgehead atoms. The molecule has 8 nitrogen and oxygen atoms in total. The Labute approximate surface area is 162 Å². The lowest BCUT2D eigenvalue weighted by molar-refractivity contribution is 0.0299. The van der Waals surface area contributed by atoms with Gasteiger partial charge in [0.2, 0.25) is 0 Å². The second kappa shape index (κ2) is 8.64. The number of aromatic nitrogens is 2. The van der Waals surface area contributed by atoms with Crippen molar-refractivity contribution in [2.75, 3.05) is 57.4 Å². The van der Waals surface area contributed by atoms with Crippen LogP contribution in [0.5, 0.6) is 5.75 Å². The molecule has 0 spiro atoms. The fourth-order valence-corrected chi connectivity index (χ4v) is 4.11. The third-order valence-electron chi connectivity index (χ3n) is 4.68. The van der Waals surface area contributed by atoms with Gasteiger partial charge in [0.1, 0.15) is 18.1 Å². The Balaban J connectivity index is 1.42. The van der Waals surface area contributed by atoms with E-state index in [0.717, 1.165) is 30.5 Å². The van der Waals surface area contributed by atoms with Gasteiger partial charge >= 0.3 is 0 Å². The van der Waals surface area contributed by atoms with Crippen molar-refractivity contribution in [3.63, 3.8) is 0 Å². The molecule has 1 N–H and O–H groups in total. The lowest BCUT2D eigenvalue weighted by atomic mass is 10.2. The van der Waals surface area contributed by atoms with Gasteiger partial charge in [0.25, 0.3) is 5.91 Å². The largest absolute Gasteiger partial charge is 0.490 e. The zero-order valence-electron chi connectivity index (χ0n) is 15.0. The molecule has 2 aliphatic heterocycles. The van der Waals surface area contributed by atoms with Gasteiger partial charge < -0.3 is 24.6 Å². The SMILES string of the molecule is O=C(c1csc(N2CCNCC2COc2cccnc2)n1)N1CCOCC1. The Hall–Kier alpha value is -2.23. The minimum Gasteiger partial charge on any atom is -0.490 e. The molecular formula is C18H23N5O3S. The maximum Gasteiger partial charge on any atom is 0.273 e. The van der Waals surface area contributed by atoms with Crippen LogP contribution in [0.1, 0.15) is 10.5 Å². The van der Waals surface area contributed by atoms with Crippen molar-refractivity contribution in [3.8, 4) is 5.75 Å². The molecule has 1 amide bonds. The highest BCUT2D eigenvalue weighted by Crippen LogP contribution is 2.25. The van der Waals surface area contributed by atoms with Crippen LogP contribution in [0, 0.1) is 0 Å². The number of thiazole rings is 1. The summed E-state index contributed by atoms with van der Waals surface area (Å²) in [4.78, 5) is 25.4. The van der Waals surface area contributed by atoms with Crippen molar-refractivity contribution in [2.24, 2.45) is 0 Å². The summed E-state index contributed by atoms with van der Waals surface area (Å²) in [6.45, 7) is 5.50. The zero-order chi connectivity index (χ0) is 18.5. The monoisotopic (exact) mass is 389 g/mol. The molecule has 2 saturated heterocycles. The molecule has 1 atom stereocenters. The highest BCUT2D eigenvalue weighted by Gasteiger charge is 2.27. The second-order valence-corrected chi connectivity index (χ2v) is 7.31. The van der Waals surface area contributed by atoms with Crippen molar-refractivity contribution in [1.29, 1.82) is 0 Å². The van der Waals surface area contributed by atoms with Gasteiger partial charge in [-0.3, -0.25) is 9.78 Å². The molecule has 0 saturated carbocycles. The van der Waals surface area contributed by atoms with Crippen molar-refractivity contribution in [1.82, 2.24) is 20.2 Å². The minimum absolute atomic E-state index is 0.0147. The number of amides is 1. The number of carbonyl (C=O) groups is 1. The van der Waals surface area contributed by atoms with E-state index < -0.39 is 0 Å². The van der Waals surface area contributed by atoms with Crippen molar-refractivity contribution in [3.05, 3.63) is 35.6 Å². The van der Waals surface area contributed by atoms with Crippen LogP contribution in [-0.4, -0.2) is 79.4 Å². The first-order valence-corrected chi connectivity index (χ1v) is 10.0. The molecule has 1 unspecified atom stereocenters. The first-order valence-electron chi connectivity index (χ1n) is 9.14. The van der Waals surface area contributed by atoms with E-state index in [1.165, 1.54) is 11.3 Å². The van der Waals surface area contributed by atoms with E-state index in [0.29, 0.717) is 38.6 Å². The summed E-state index contributed by atoms with van der Waals surface area (Å²) in [5.74, 6) is 0.740. The van der Waals surface area contributed by atoms with Crippen molar-refractivity contribution >= 4 is 22.4 Å². The van der Waals surface area contributed by atoms with Gasteiger partial charge in [-0.15, -0.1) is 11.3 Å². The number of hydrogen-bond donors (Lipinski definition) is 1. The molecule has 0 aliphatic carbocycles. The van der Waals surface area contributed by atoms with Gasteiger partial charge in [0.15, 0.2) is 5.13 Å². The summed E-state index contributed by atoms with van der Waals surface area (Å²) < 4.78 is 11.2. The molecule has 0 aromatic carbocycles. The van der Waals surface area contributed by atoms with Gasteiger partial charge in [0, 0.05) is 44.3 Å². The van der Waals surface area contributed by atoms with Crippen molar-refractivity contribution < 1.29 is 14.3 Å². The number of hydrogen-bond acceptors (Lipinski definition) is 8. The van der Waals surface area contributed by atoms with Crippen LogP contribution >= 0.6 is 11.3 Å². The van der Waals surface area contributed by atoms with Crippen LogP contribution in [-0.2, 0) is 4.74 Å². The molecule has 0 radical (unpaired) electrons. The van der Waals surface area contributed by atoms with Crippen LogP contribution in [0.4, 0.5) is 5.13 Å². The zero-order valence-corrected chi connectivity index (χ0v) is 15.9. The summed E-state index contributed by atoms with van der Waals surface area (Å²) >= 11 is 1.51.